The molecule has 110 valence electrons. The highest BCUT2D eigenvalue weighted by molar-refractivity contribution is 7.10. The molecule has 0 aliphatic carbocycles. The van der Waals surface area contributed by atoms with Gasteiger partial charge in [-0.05, 0) is 24.6 Å². The third-order valence-corrected chi connectivity index (χ3v) is 5.77. The Hall–Kier alpha value is -1.66. The number of dihydropyridines is 1. The summed E-state index contributed by atoms with van der Waals surface area (Å²) in [7, 11) is 0. The van der Waals surface area contributed by atoms with Crippen LogP contribution in [0.5, 0.6) is 0 Å². The molecule has 5 rings (SSSR count). The molecule has 21 heavy (non-hydrogen) atoms. The predicted octanol–water partition coefficient (Wildman–Crippen LogP) is 1.06. The molecule has 6 heteroatoms. The molecular formula is C15H18N4OS. The first kappa shape index (κ1) is 13.0. The molecule has 1 aromatic rings. The minimum Gasteiger partial charge on any atom is -0.376 e. The number of thiazole rings is 1. The fourth-order valence-corrected chi connectivity index (χ4v) is 4.76. The summed E-state index contributed by atoms with van der Waals surface area (Å²) in [6.45, 7) is 3.54. The number of allylic oxidation sites excluding steroid dienone is 2. The van der Waals surface area contributed by atoms with Gasteiger partial charge in [-0.1, -0.05) is 12.2 Å². The van der Waals surface area contributed by atoms with E-state index < -0.39 is 5.91 Å². The molecule has 1 amide bonds. The molecule has 2 bridgehead atoms. The lowest BCUT2D eigenvalue weighted by molar-refractivity contribution is -0.0145. The van der Waals surface area contributed by atoms with Crippen molar-refractivity contribution in [2.75, 3.05) is 19.6 Å². The van der Waals surface area contributed by atoms with Gasteiger partial charge in [0.15, 0.2) is 0 Å². The Morgan fingerprint density at radius 3 is 2.86 bits per heavy atom. The van der Waals surface area contributed by atoms with Crippen LogP contribution in [0.4, 0.5) is 0 Å². The summed E-state index contributed by atoms with van der Waals surface area (Å²) in [6.07, 6.45) is 9.42. The van der Waals surface area contributed by atoms with Gasteiger partial charge in [-0.3, -0.25) is 4.79 Å². The average molecular weight is 302 g/mol. The summed E-state index contributed by atoms with van der Waals surface area (Å²) in [4.78, 5) is 18.3. The van der Waals surface area contributed by atoms with Gasteiger partial charge in [-0.15, -0.1) is 11.3 Å². The number of nitrogens with zero attached hydrogens (tertiary/aromatic N) is 2. The molecule has 5 heterocycles. The van der Waals surface area contributed by atoms with Crippen molar-refractivity contribution in [3.63, 3.8) is 0 Å². The molecule has 0 aromatic carbocycles. The molecule has 3 saturated heterocycles. The fourth-order valence-electron chi connectivity index (χ4n) is 3.73. The van der Waals surface area contributed by atoms with E-state index in [1.54, 1.807) is 5.38 Å². The molecule has 3 N–H and O–H groups in total. The number of hydrogen-bond donors (Lipinski definition) is 2. The van der Waals surface area contributed by atoms with Gasteiger partial charge in [0, 0.05) is 30.9 Å². The predicted molar refractivity (Wildman–Crippen MR) is 81.8 cm³/mol. The fraction of sp³-hybridized carbons (Fsp3) is 0.467. The second-order valence-electron chi connectivity index (χ2n) is 6.15. The van der Waals surface area contributed by atoms with Gasteiger partial charge in [0.25, 0.3) is 5.91 Å². The van der Waals surface area contributed by atoms with Crippen LogP contribution in [0.3, 0.4) is 0 Å². The standard InChI is InChI=1S/C15H18N4OS/c16-13(20)12-9-21-14(18-12)15(3-1-2-4-17-15)11-5-10-6-19(7-10)8-11/h1-4,9-11,17H,5-8H2,(H2,16,20). The molecule has 3 fully saturated rings. The van der Waals surface area contributed by atoms with Crippen LogP contribution < -0.4 is 11.1 Å². The van der Waals surface area contributed by atoms with Crippen molar-refractivity contribution < 1.29 is 4.79 Å². The van der Waals surface area contributed by atoms with E-state index in [-0.39, 0.29) is 5.54 Å². The van der Waals surface area contributed by atoms with Gasteiger partial charge in [0.2, 0.25) is 0 Å². The number of hydrogen-bond acceptors (Lipinski definition) is 5. The summed E-state index contributed by atoms with van der Waals surface area (Å²) in [5, 5.41) is 6.21. The zero-order valence-electron chi connectivity index (χ0n) is 11.7. The van der Waals surface area contributed by atoms with E-state index in [4.69, 9.17) is 5.73 Å². The quantitative estimate of drug-likeness (QED) is 0.876. The van der Waals surface area contributed by atoms with Crippen molar-refractivity contribution in [3.8, 4) is 0 Å². The molecule has 2 atom stereocenters. The lowest BCUT2D eigenvalue weighted by Gasteiger charge is -2.53. The van der Waals surface area contributed by atoms with Gasteiger partial charge < -0.3 is 16.0 Å². The van der Waals surface area contributed by atoms with E-state index in [0.29, 0.717) is 11.6 Å². The van der Waals surface area contributed by atoms with Gasteiger partial charge in [-0.2, -0.15) is 0 Å². The second-order valence-corrected chi connectivity index (χ2v) is 7.01. The highest BCUT2D eigenvalue weighted by Crippen LogP contribution is 2.44. The first-order valence-corrected chi connectivity index (χ1v) is 8.15. The van der Waals surface area contributed by atoms with Crippen LogP contribution in [-0.4, -0.2) is 35.4 Å². The van der Waals surface area contributed by atoms with E-state index in [9.17, 15) is 4.79 Å². The molecule has 0 saturated carbocycles. The van der Waals surface area contributed by atoms with Gasteiger partial charge >= 0.3 is 0 Å². The molecular weight excluding hydrogens is 284 g/mol. The Bertz CT molecular complexity index is 621. The van der Waals surface area contributed by atoms with Gasteiger partial charge in [-0.25, -0.2) is 4.98 Å². The zero-order chi connectivity index (χ0) is 14.4. The van der Waals surface area contributed by atoms with Crippen molar-refractivity contribution in [1.29, 1.82) is 0 Å². The Morgan fingerprint density at radius 1 is 1.43 bits per heavy atom. The minimum atomic E-state index is -0.460. The van der Waals surface area contributed by atoms with E-state index in [1.165, 1.54) is 30.8 Å². The van der Waals surface area contributed by atoms with Crippen LogP contribution in [0.25, 0.3) is 0 Å². The SMILES string of the molecule is NC(=O)c1csc(C2(C3CC4CN(C4)C3)C=CC=CN2)n1. The minimum absolute atomic E-state index is 0.301. The number of carbonyl (C=O) groups excluding carboxylic acids is 1. The van der Waals surface area contributed by atoms with Crippen molar-refractivity contribution in [2.45, 2.75) is 12.0 Å². The summed E-state index contributed by atoms with van der Waals surface area (Å²) >= 11 is 1.51. The van der Waals surface area contributed by atoms with Crippen LogP contribution in [-0.2, 0) is 5.54 Å². The van der Waals surface area contributed by atoms with Crippen molar-refractivity contribution in [2.24, 2.45) is 17.6 Å². The average Bonchev–Trinajstić information content (AvgIpc) is 2.98. The van der Waals surface area contributed by atoms with Gasteiger partial charge in [0.1, 0.15) is 16.2 Å². The Labute approximate surface area is 127 Å². The maximum absolute atomic E-state index is 11.3. The van der Waals surface area contributed by atoms with E-state index in [2.05, 4.69) is 27.4 Å². The number of nitrogens with one attached hydrogen (secondary N) is 1. The lowest BCUT2D eigenvalue weighted by atomic mass is 9.71. The number of fused-ring (bicyclic) bond motifs is 2. The van der Waals surface area contributed by atoms with E-state index >= 15 is 0 Å². The topological polar surface area (TPSA) is 71.2 Å². The molecule has 4 aliphatic rings. The van der Waals surface area contributed by atoms with Crippen molar-refractivity contribution in [3.05, 3.63) is 40.5 Å². The van der Waals surface area contributed by atoms with Crippen LogP contribution in [0.15, 0.2) is 29.8 Å². The van der Waals surface area contributed by atoms with Crippen LogP contribution in [0.2, 0.25) is 0 Å². The number of amides is 1. The normalized spacial score (nSPS) is 36.9. The maximum Gasteiger partial charge on any atom is 0.268 e. The smallest absolute Gasteiger partial charge is 0.268 e. The second kappa shape index (κ2) is 4.68. The Morgan fingerprint density at radius 2 is 2.29 bits per heavy atom. The number of primary amides is 1. The number of aromatic nitrogens is 1. The molecule has 0 spiro atoms. The third kappa shape index (κ3) is 2.01. The lowest BCUT2D eigenvalue weighted by Crippen LogP contribution is -2.61. The zero-order valence-corrected chi connectivity index (χ0v) is 12.5. The van der Waals surface area contributed by atoms with Crippen molar-refractivity contribution >= 4 is 17.2 Å². The maximum atomic E-state index is 11.3. The summed E-state index contributed by atoms with van der Waals surface area (Å²) < 4.78 is 0. The highest BCUT2D eigenvalue weighted by Gasteiger charge is 2.48. The number of carbonyl (C=O) groups is 1. The summed E-state index contributed by atoms with van der Waals surface area (Å²) in [5.74, 6) is 0.814. The van der Waals surface area contributed by atoms with Crippen LogP contribution >= 0.6 is 11.3 Å². The van der Waals surface area contributed by atoms with E-state index in [0.717, 1.165) is 17.5 Å². The summed E-state index contributed by atoms with van der Waals surface area (Å²) in [5.41, 5.74) is 5.41. The first-order valence-electron chi connectivity index (χ1n) is 7.27. The number of nitrogens with two attached hydrogens (primary N) is 1. The molecule has 4 aliphatic heterocycles. The Kier molecular flexibility index (Phi) is 2.90. The van der Waals surface area contributed by atoms with E-state index in [1.807, 2.05) is 12.3 Å². The van der Waals surface area contributed by atoms with Crippen molar-refractivity contribution in [1.82, 2.24) is 15.2 Å². The molecule has 5 nitrogen and oxygen atoms in total. The third-order valence-electron chi connectivity index (χ3n) is 4.77. The first-order chi connectivity index (χ1) is 10.2. The monoisotopic (exact) mass is 302 g/mol. The largest absolute Gasteiger partial charge is 0.376 e. The molecule has 0 radical (unpaired) electrons. The highest BCUT2D eigenvalue weighted by atomic mass is 32.1. The van der Waals surface area contributed by atoms with Crippen LogP contribution in [0, 0.1) is 11.8 Å². The van der Waals surface area contributed by atoms with Crippen LogP contribution in [0.1, 0.15) is 21.9 Å². The summed E-state index contributed by atoms with van der Waals surface area (Å²) in [6, 6.07) is 0. The number of piperidine rings is 2. The van der Waals surface area contributed by atoms with Gasteiger partial charge in [0.05, 0.1) is 0 Å². The molecule has 2 unspecified atom stereocenters. The number of rotatable bonds is 3. The Balaban J connectivity index is 1.71. The molecule has 1 aromatic heterocycles.